The number of rotatable bonds is 13. The molecule has 0 aromatic rings. The van der Waals surface area contributed by atoms with Crippen LogP contribution in [0.2, 0.25) is 0 Å². The summed E-state index contributed by atoms with van der Waals surface area (Å²) in [4.78, 5) is 77.4. The number of nitrogens with zero attached hydrogens (tertiary/aromatic N) is 1. The maximum Gasteiger partial charge on any atom is 0.329 e. The predicted molar refractivity (Wildman–Crippen MR) is 170 cm³/mol. The number of esters is 1. The van der Waals surface area contributed by atoms with Gasteiger partial charge in [0, 0.05) is 6.54 Å². The Labute approximate surface area is 264 Å². The Morgan fingerprint density at radius 2 is 1.34 bits per heavy atom. The lowest BCUT2D eigenvalue weighted by molar-refractivity contribution is -0.158. The van der Waals surface area contributed by atoms with E-state index in [0.717, 1.165) is 12.3 Å². The number of likely N-dealkylation sites (tertiary alicyclic amines) is 1. The van der Waals surface area contributed by atoms with Gasteiger partial charge < -0.3 is 31.3 Å². The third-order valence-corrected chi connectivity index (χ3v) is 7.48. The summed E-state index contributed by atoms with van der Waals surface area (Å²) in [5.74, 6) is -3.34. The Bertz CT molecular complexity index is 990. The van der Waals surface area contributed by atoms with Gasteiger partial charge in [-0.05, 0) is 57.3 Å². The number of ketones is 1. The Balaban J connectivity index is 0.00000340. The van der Waals surface area contributed by atoms with Crippen molar-refractivity contribution in [3.63, 3.8) is 0 Å². The molecule has 0 bridgehead atoms. The van der Waals surface area contributed by atoms with E-state index in [-0.39, 0.29) is 24.2 Å². The van der Waals surface area contributed by atoms with Gasteiger partial charge in [0.05, 0.1) is 6.04 Å². The van der Waals surface area contributed by atoms with Gasteiger partial charge in [-0.2, -0.15) is 0 Å². The Morgan fingerprint density at radius 1 is 0.841 bits per heavy atom. The fourth-order valence-corrected chi connectivity index (χ4v) is 4.38. The van der Waals surface area contributed by atoms with Crippen molar-refractivity contribution in [1.82, 2.24) is 20.9 Å². The SMILES string of the molecule is CCC(C)C.CCC(NC(=O)[C@@H]1C[C@@H](CC)CN1C(=O)C(NC(=O)NC(C(=O)OC(C)(C)C)C(C)C)C(C)C)C(=O)C(N)=O. The molecular formula is C32H59N5O7. The van der Waals surface area contributed by atoms with Gasteiger partial charge >= 0.3 is 12.0 Å². The van der Waals surface area contributed by atoms with E-state index in [9.17, 15) is 28.8 Å². The van der Waals surface area contributed by atoms with Crippen LogP contribution in [0.1, 0.15) is 109 Å². The van der Waals surface area contributed by atoms with Gasteiger partial charge in [-0.25, -0.2) is 9.59 Å². The van der Waals surface area contributed by atoms with E-state index in [1.54, 1.807) is 55.4 Å². The number of hydrogen-bond donors (Lipinski definition) is 4. The standard InChI is InChI=1S/C27H47N5O7.C5H12/c1-10-16-12-18(23(35)29-17(11-2)21(33)22(28)34)32(13-16)24(36)19(14(3)4)30-26(38)31-20(15(5)6)25(37)39-27(7,8)9;1-4-5(2)3/h14-20H,10-13H2,1-9H3,(H2,28,34)(H,29,35)(H2,30,31,38);5H,4H2,1-3H3/t16-,17?,18+,19?,20?;/m1./s1. The molecule has 1 rings (SSSR count). The van der Waals surface area contributed by atoms with Gasteiger partial charge in [-0.3, -0.25) is 19.2 Å². The topological polar surface area (TPSA) is 177 Å². The van der Waals surface area contributed by atoms with Crippen LogP contribution in [0, 0.1) is 23.7 Å². The maximum absolute atomic E-state index is 13.7. The van der Waals surface area contributed by atoms with Crippen molar-refractivity contribution in [2.75, 3.05) is 6.54 Å². The van der Waals surface area contributed by atoms with E-state index >= 15 is 0 Å². The highest BCUT2D eigenvalue weighted by Gasteiger charge is 2.43. The summed E-state index contributed by atoms with van der Waals surface area (Å²) >= 11 is 0. The molecule has 44 heavy (non-hydrogen) atoms. The largest absolute Gasteiger partial charge is 0.458 e. The van der Waals surface area contributed by atoms with Crippen molar-refractivity contribution in [3.05, 3.63) is 0 Å². The lowest BCUT2D eigenvalue weighted by Crippen LogP contribution is -2.59. The van der Waals surface area contributed by atoms with Crippen LogP contribution in [0.25, 0.3) is 0 Å². The van der Waals surface area contributed by atoms with Crippen LogP contribution in [0.3, 0.4) is 0 Å². The zero-order valence-corrected chi connectivity index (χ0v) is 29.0. The van der Waals surface area contributed by atoms with Crippen LogP contribution in [0.5, 0.6) is 0 Å². The monoisotopic (exact) mass is 625 g/mol. The van der Waals surface area contributed by atoms with E-state index in [0.29, 0.717) is 13.0 Å². The van der Waals surface area contributed by atoms with Crippen molar-refractivity contribution in [2.24, 2.45) is 29.4 Å². The summed E-state index contributed by atoms with van der Waals surface area (Å²) in [5.41, 5.74) is 4.37. The predicted octanol–water partition coefficient (Wildman–Crippen LogP) is 3.31. The van der Waals surface area contributed by atoms with Gasteiger partial charge in [0.2, 0.25) is 17.6 Å². The smallest absolute Gasteiger partial charge is 0.329 e. The number of Topliss-reactive ketones (excluding diaryl/α,β-unsaturated/α-hetero) is 1. The van der Waals surface area contributed by atoms with E-state index in [4.69, 9.17) is 10.5 Å². The molecule has 254 valence electrons. The van der Waals surface area contributed by atoms with Crippen LogP contribution < -0.4 is 21.7 Å². The second-order valence-electron chi connectivity index (χ2n) is 13.6. The number of urea groups is 1. The number of ether oxygens (including phenoxy) is 1. The zero-order valence-electron chi connectivity index (χ0n) is 29.0. The number of carbonyl (C=O) groups excluding carboxylic acids is 6. The second-order valence-corrected chi connectivity index (χ2v) is 13.6. The molecule has 1 fully saturated rings. The first-order valence-electron chi connectivity index (χ1n) is 15.9. The Kier molecular flexibility index (Phi) is 17.2. The van der Waals surface area contributed by atoms with E-state index in [1.165, 1.54) is 11.3 Å². The molecule has 1 aliphatic heterocycles. The molecule has 1 saturated heterocycles. The third kappa shape index (κ3) is 13.6. The van der Waals surface area contributed by atoms with Gasteiger partial charge in [0.1, 0.15) is 23.7 Å². The zero-order chi connectivity index (χ0) is 34.5. The quantitative estimate of drug-likeness (QED) is 0.179. The highest BCUT2D eigenvalue weighted by atomic mass is 16.6. The molecule has 0 spiro atoms. The number of primary amides is 1. The molecule has 0 saturated carbocycles. The van der Waals surface area contributed by atoms with Crippen molar-refractivity contribution < 1.29 is 33.5 Å². The summed E-state index contributed by atoms with van der Waals surface area (Å²) in [7, 11) is 0. The number of nitrogens with two attached hydrogens (primary N) is 1. The molecule has 0 aromatic heterocycles. The number of hydrogen-bond acceptors (Lipinski definition) is 7. The number of amides is 5. The van der Waals surface area contributed by atoms with E-state index in [2.05, 4.69) is 36.7 Å². The molecule has 5 atom stereocenters. The lowest BCUT2D eigenvalue weighted by atomic mass is 10.0. The summed E-state index contributed by atoms with van der Waals surface area (Å²) in [6.45, 7) is 22.8. The highest BCUT2D eigenvalue weighted by molar-refractivity contribution is 6.37. The molecule has 5 N–H and O–H groups in total. The van der Waals surface area contributed by atoms with Crippen LogP contribution in [0.15, 0.2) is 0 Å². The fourth-order valence-electron chi connectivity index (χ4n) is 4.38. The average molecular weight is 626 g/mol. The average Bonchev–Trinajstić information content (AvgIpc) is 3.36. The normalized spacial score (nSPS) is 18.6. The van der Waals surface area contributed by atoms with Gasteiger partial charge in [-0.15, -0.1) is 0 Å². The summed E-state index contributed by atoms with van der Waals surface area (Å²) in [6.07, 6.45) is 2.56. The molecular weight excluding hydrogens is 566 g/mol. The maximum atomic E-state index is 13.7. The van der Waals surface area contributed by atoms with Crippen molar-refractivity contribution in [1.29, 1.82) is 0 Å². The van der Waals surface area contributed by atoms with Crippen molar-refractivity contribution in [2.45, 2.75) is 139 Å². The molecule has 12 nitrogen and oxygen atoms in total. The van der Waals surface area contributed by atoms with Gasteiger partial charge in [0.15, 0.2) is 0 Å². The molecule has 3 unspecified atom stereocenters. The van der Waals surface area contributed by atoms with Gasteiger partial charge in [-0.1, -0.05) is 75.2 Å². The first kappa shape index (κ1) is 40.8. The summed E-state index contributed by atoms with van der Waals surface area (Å²) < 4.78 is 5.43. The van der Waals surface area contributed by atoms with Crippen LogP contribution in [-0.4, -0.2) is 76.7 Å². The van der Waals surface area contributed by atoms with E-state index < -0.39 is 65.3 Å². The summed E-state index contributed by atoms with van der Waals surface area (Å²) in [6, 6.07) is -4.60. The fraction of sp³-hybridized carbons (Fsp3) is 0.812. The number of nitrogens with one attached hydrogen (secondary N) is 3. The third-order valence-electron chi connectivity index (χ3n) is 7.48. The molecule has 0 radical (unpaired) electrons. The first-order valence-corrected chi connectivity index (χ1v) is 15.9. The molecule has 12 heteroatoms. The van der Waals surface area contributed by atoms with E-state index in [1.807, 2.05) is 6.92 Å². The van der Waals surface area contributed by atoms with Crippen molar-refractivity contribution in [3.8, 4) is 0 Å². The Morgan fingerprint density at radius 3 is 1.73 bits per heavy atom. The molecule has 0 aliphatic carbocycles. The minimum Gasteiger partial charge on any atom is -0.458 e. The molecule has 5 amide bonds. The molecule has 0 aromatic carbocycles. The minimum absolute atomic E-state index is 0.0377. The first-order chi connectivity index (χ1) is 20.2. The second kappa shape index (κ2) is 18.6. The molecule has 1 aliphatic rings. The molecule has 1 heterocycles. The summed E-state index contributed by atoms with van der Waals surface area (Å²) in [5, 5.41) is 7.87. The minimum atomic E-state index is -1.14. The van der Waals surface area contributed by atoms with Crippen molar-refractivity contribution >= 4 is 35.5 Å². The number of carbonyl (C=O) groups is 6. The highest BCUT2D eigenvalue weighted by Crippen LogP contribution is 2.27. The van der Waals surface area contributed by atoms with Crippen LogP contribution in [0.4, 0.5) is 4.79 Å². The van der Waals surface area contributed by atoms with Crippen LogP contribution >= 0.6 is 0 Å². The van der Waals surface area contributed by atoms with Gasteiger partial charge in [0.25, 0.3) is 5.91 Å². The Hall–Kier alpha value is -3.18. The van der Waals surface area contributed by atoms with Crippen LogP contribution in [-0.2, 0) is 28.7 Å². The lowest BCUT2D eigenvalue weighted by Gasteiger charge is -2.32.